The van der Waals surface area contributed by atoms with Gasteiger partial charge in [-0.1, -0.05) is 30.3 Å². The van der Waals surface area contributed by atoms with Gasteiger partial charge in [0.15, 0.2) is 0 Å². The first-order chi connectivity index (χ1) is 8.76. The van der Waals surface area contributed by atoms with E-state index >= 15 is 0 Å². The van der Waals surface area contributed by atoms with Gasteiger partial charge in [0.05, 0.1) is 0 Å². The quantitative estimate of drug-likeness (QED) is 0.856. The van der Waals surface area contributed by atoms with E-state index in [0.717, 1.165) is 32.5 Å². The van der Waals surface area contributed by atoms with E-state index in [1.807, 2.05) is 0 Å². The minimum Gasteiger partial charge on any atom is -0.463 e. The molecule has 4 heteroatoms. The van der Waals surface area contributed by atoms with Crippen LogP contribution in [0.1, 0.15) is 18.4 Å². The zero-order valence-corrected chi connectivity index (χ0v) is 10.5. The van der Waals surface area contributed by atoms with Crippen LogP contribution in [0.4, 0.5) is 0 Å². The van der Waals surface area contributed by atoms with Crippen LogP contribution < -0.4 is 5.73 Å². The number of hydrogen-bond donors (Lipinski definition) is 1. The maximum absolute atomic E-state index is 5.65. The Morgan fingerprint density at radius 3 is 2.89 bits per heavy atom. The van der Waals surface area contributed by atoms with Crippen LogP contribution in [0.5, 0.6) is 0 Å². The molecule has 4 nitrogen and oxygen atoms in total. The molecule has 0 aromatic heterocycles. The van der Waals surface area contributed by atoms with E-state index in [4.69, 9.17) is 10.5 Å². The highest BCUT2D eigenvalue weighted by atomic mass is 16.5. The molecule has 2 aliphatic heterocycles. The summed E-state index contributed by atoms with van der Waals surface area (Å²) in [6.45, 7) is 3.71. The minimum absolute atomic E-state index is 0.0862. The maximum atomic E-state index is 5.65. The van der Waals surface area contributed by atoms with Crippen molar-refractivity contribution in [2.24, 2.45) is 10.7 Å². The molecule has 2 N–H and O–H groups in total. The molecule has 1 unspecified atom stereocenters. The average molecular weight is 245 g/mol. The summed E-state index contributed by atoms with van der Waals surface area (Å²) < 4.78 is 5.35. The summed E-state index contributed by atoms with van der Waals surface area (Å²) in [6, 6.07) is 10.9. The van der Waals surface area contributed by atoms with Crippen molar-refractivity contribution in [3.05, 3.63) is 35.9 Å². The van der Waals surface area contributed by atoms with Crippen LogP contribution in [-0.4, -0.2) is 36.2 Å². The Labute approximate surface area is 107 Å². The Morgan fingerprint density at radius 1 is 1.33 bits per heavy atom. The average Bonchev–Trinajstić information content (AvgIpc) is 2.72. The third-order valence-corrected chi connectivity index (χ3v) is 3.72. The number of hydrogen-bond acceptors (Lipinski definition) is 4. The van der Waals surface area contributed by atoms with Crippen LogP contribution >= 0.6 is 0 Å². The lowest BCUT2D eigenvalue weighted by molar-refractivity contribution is 0.118. The van der Waals surface area contributed by atoms with Gasteiger partial charge in [0.25, 0.3) is 6.02 Å². The van der Waals surface area contributed by atoms with Gasteiger partial charge in [-0.2, -0.15) is 0 Å². The highest BCUT2D eigenvalue weighted by molar-refractivity contribution is 5.73. The lowest BCUT2D eigenvalue weighted by atomic mass is 9.90. The standard InChI is InChI=1S/C14H19N3O/c15-13-16-14(11-18-13)7-4-8-17(10-14)9-12-5-2-1-3-6-12/h1-3,5-6H,4,7-11H2,(H2,15,16). The molecule has 1 saturated heterocycles. The molecule has 3 rings (SSSR count). The molecule has 0 aliphatic carbocycles. The molecule has 0 bridgehead atoms. The monoisotopic (exact) mass is 245 g/mol. The summed E-state index contributed by atoms with van der Waals surface area (Å²) in [4.78, 5) is 6.95. The molecule has 1 aromatic carbocycles. The number of likely N-dealkylation sites (tertiary alicyclic amines) is 1. The lowest BCUT2D eigenvalue weighted by Gasteiger charge is -2.37. The second-order valence-electron chi connectivity index (χ2n) is 5.26. The second-order valence-corrected chi connectivity index (χ2v) is 5.26. The number of amidine groups is 1. The molecule has 2 heterocycles. The van der Waals surface area contributed by atoms with E-state index in [0.29, 0.717) is 12.6 Å². The number of rotatable bonds is 2. The summed E-state index contributed by atoms with van der Waals surface area (Å²) in [5, 5.41) is 0. The van der Waals surface area contributed by atoms with Crippen molar-refractivity contribution in [3.8, 4) is 0 Å². The largest absolute Gasteiger partial charge is 0.463 e. The Morgan fingerprint density at radius 2 is 2.17 bits per heavy atom. The predicted octanol–water partition coefficient (Wildman–Crippen LogP) is 1.37. The van der Waals surface area contributed by atoms with Crippen LogP contribution in [0.3, 0.4) is 0 Å². The van der Waals surface area contributed by atoms with Crippen LogP contribution in [-0.2, 0) is 11.3 Å². The predicted molar refractivity (Wildman–Crippen MR) is 71.3 cm³/mol. The Bertz CT molecular complexity index is 446. The lowest BCUT2D eigenvalue weighted by Crippen LogP contribution is -2.47. The summed E-state index contributed by atoms with van der Waals surface area (Å²) in [5.41, 5.74) is 6.91. The van der Waals surface area contributed by atoms with Crippen LogP contribution in [0.2, 0.25) is 0 Å². The molecule has 1 fully saturated rings. The van der Waals surface area contributed by atoms with E-state index in [9.17, 15) is 0 Å². The first kappa shape index (κ1) is 11.5. The van der Waals surface area contributed by atoms with Gasteiger partial charge in [-0.05, 0) is 24.9 Å². The fraction of sp³-hybridized carbons (Fsp3) is 0.500. The summed E-state index contributed by atoms with van der Waals surface area (Å²) >= 11 is 0. The molecule has 0 saturated carbocycles. The zero-order chi connectivity index (χ0) is 12.4. The number of benzene rings is 1. The van der Waals surface area contributed by atoms with E-state index in [-0.39, 0.29) is 5.54 Å². The van der Waals surface area contributed by atoms with Crippen LogP contribution in [0.25, 0.3) is 0 Å². The molecular weight excluding hydrogens is 226 g/mol. The fourth-order valence-electron chi connectivity index (χ4n) is 2.90. The van der Waals surface area contributed by atoms with Crippen LogP contribution in [0, 0.1) is 0 Å². The highest BCUT2D eigenvalue weighted by Gasteiger charge is 2.39. The third-order valence-electron chi connectivity index (χ3n) is 3.72. The number of piperidine rings is 1. The molecule has 1 atom stereocenters. The highest BCUT2D eigenvalue weighted by Crippen LogP contribution is 2.29. The van der Waals surface area contributed by atoms with E-state index in [1.165, 1.54) is 5.56 Å². The van der Waals surface area contributed by atoms with Gasteiger partial charge in [0.2, 0.25) is 0 Å². The van der Waals surface area contributed by atoms with E-state index in [1.54, 1.807) is 0 Å². The molecule has 1 spiro atoms. The third kappa shape index (κ3) is 2.34. The Hall–Kier alpha value is -1.55. The summed E-state index contributed by atoms with van der Waals surface area (Å²) in [7, 11) is 0. The van der Waals surface area contributed by atoms with Crippen molar-refractivity contribution in [2.45, 2.75) is 24.9 Å². The number of aliphatic imine (C=N–C) groups is 1. The van der Waals surface area contributed by atoms with Crippen molar-refractivity contribution >= 4 is 6.02 Å². The maximum Gasteiger partial charge on any atom is 0.282 e. The summed E-state index contributed by atoms with van der Waals surface area (Å²) in [5.74, 6) is 0. The molecule has 1 aromatic rings. The number of ether oxygens (including phenoxy) is 1. The van der Waals surface area contributed by atoms with Crippen LogP contribution in [0.15, 0.2) is 35.3 Å². The molecule has 96 valence electrons. The number of nitrogens with zero attached hydrogens (tertiary/aromatic N) is 2. The smallest absolute Gasteiger partial charge is 0.282 e. The van der Waals surface area contributed by atoms with Gasteiger partial charge in [0, 0.05) is 13.1 Å². The SMILES string of the molecule is NC1=NC2(CCCN(Cc3ccccc3)C2)CO1. The van der Waals surface area contributed by atoms with E-state index in [2.05, 4.69) is 40.2 Å². The normalized spacial score (nSPS) is 28.1. The molecule has 18 heavy (non-hydrogen) atoms. The van der Waals surface area contributed by atoms with Crippen molar-refractivity contribution in [2.75, 3.05) is 19.7 Å². The van der Waals surface area contributed by atoms with Crippen molar-refractivity contribution < 1.29 is 4.74 Å². The minimum atomic E-state index is -0.0862. The van der Waals surface area contributed by atoms with Gasteiger partial charge in [-0.15, -0.1) is 0 Å². The fourth-order valence-corrected chi connectivity index (χ4v) is 2.90. The molecule has 0 amide bonds. The first-order valence-corrected chi connectivity index (χ1v) is 6.50. The zero-order valence-electron chi connectivity index (χ0n) is 10.5. The Balaban J connectivity index is 1.68. The van der Waals surface area contributed by atoms with E-state index < -0.39 is 0 Å². The van der Waals surface area contributed by atoms with Gasteiger partial charge < -0.3 is 10.5 Å². The van der Waals surface area contributed by atoms with Gasteiger partial charge in [-0.3, -0.25) is 4.90 Å². The first-order valence-electron chi connectivity index (χ1n) is 6.50. The van der Waals surface area contributed by atoms with Gasteiger partial charge >= 0.3 is 0 Å². The molecule has 2 aliphatic rings. The summed E-state index contributed by atoms with van der Waals surface area (Å²) in [6.07, 6.45) is 2.24. The van der Waals surface area contributed by atoms with Gasteiger partial charge in [-0.25, -0.2) is 4.99 Å². The second kappa shape index (κ2) is 4.61. The van der Waals surface area contributed by atoms with Crippen molar-refractivity contribution in [3.63, 3.8) is 0 Å². The number of nitrogens with two attached hydrogens (primary N) is 1. The van der Waals surface area contributed by atoms with Crippen molar-refractivity contribution in [1.82, 2.24) is 4.90 Å². The van der Waals surface area contributed by atoms with Crippen molar-refractivity contribution in [1.29, 1.82) is 0 Å². The Kier molecular flexibility index (Phi) is 2.96. The molecular formula is C14H19N3O. The van der Waals surface area contributed by atoms with Gasteiger partial charge in [0.1, 0.15) is 12.1 Å². The molecule has 0 radical (unpaired) electrons. The topological polar surface area (TPSA) is 50.8 Å².